The van der Waals surface area contributed by atoms with Crippen LogP contribution < -0.4 is 15.4 Å². The fourth-order valence-electron chi connectivity index (χ4n) is 2.07. The van der Waals surface area contributed by atoms with E-state index < -0.39 is 0 Å². The zero-order valence-corrected chi connectivity index (χ0v) is 13.3. The number of carbonyl (C=O) groups excluding carboxylic acids is 2. The van der Waals surface area contributed by atoms with Crippen LogP contribution >= 0.6 is 0 Å². The fraction of sp³-hybridized carbons (Fsp3) is 0.222. The van der Waals surface area contributed by atoms with E-state index in [1.54, 1.807) is 18.2 Å². The number of rotatable bonds is 6. The number of benzene rings is 2. The van der Waals surface area contributed by atoms with Crippen LogP contribution in [0.4, 0.5) is 5.69 Å². The molecule has 2 aromatic rings. The second-order valence-electron chi connectivity index (χ2n) is 5.03. The van der Waals surface area contributed by atoms with E-state index in [0.29, 0.717) is 30.2 Å². The number of carbonyl (C=O) groups is 2. The van der Waals surface area contributed by atoms with Crippen molar-refractivity contribution in [1.82, 2.24) is 5.32 Å². The normalized spacial score (nSPS) is 10.0. The molecule has 0 saturated carbocycles. The van der Waals surface area contributed by atoms with Gasteiger partial charge in [0.2, 0.25) is 5.91 Å². The van der Waals surface area contributed by atoms with Gasteiger partial charge in [0, 0.05) is 19.0 Å². The summed E-state index contributed by atoms with van der Waals surface area (Å²) in [7, 11) is 0. The predicted molar refractivity (Wildman–Crippen MR) is 89.5 cm³/mol. The van der Waals surface area contributed by atoms with Crippen molar-refractivity contribution in [2.24, 2.45) is 0 Å². The minimum atomic E-state index is -0.194. The van der Waals surface area contributed by atoms with E-state index in [1.807, 2.05) is 37.3 Å². The average Bonchev–Trinajstić information content (AvgIpc) is 2.54. The molecule has 0 radical (unpaired) electrons. The molecule has 0 saturated heterocycles. The van der Waals surface area contributed by atoms with Crippen LogP contribution in [-0.4, -0.2) is 18.4 Å². The van der Waals surface area contributed by atoms with Gasteiger partial charge in [-0.3, -0.25) is 9.59 Å². The Hall–Kier alpha value is -2.82. The molecule has 0 aliphatic carbocycles. The van der Waals surface area contributed by atoms with Gasteiger partial charge in [-0.25, -0.2) is 0 Å². The van der Waals surface area contributed by atoms with Gasteiger partial charge < -0.3 is 15.4 Å². The van der Waals surface area contributed by atoms with E-state index in [4.69, 9.17) is 4.74 Å². The first-order chi connectivity index (χ1) is 11.1. The second-order valence-corrected chi connectivity index (χ2v) is 5.03. The summed E-state index contributed by atoms with van der Waals surface area (Å²) >= 11 is 0. The zero-order chi connectivity index (χ0) is 16.7. The number of anilines is 1. The second kappa shape index (κ2) is 7.98. The van der Waals surface area contributed by atoms with Gasteiger partial charge in [0.1, 0.15) is 12.4 Å². The Kier molecular flexibility index (Phi) is 5.74. The summed E-state index contributed by atoms with van der Waals surface area (Å²) in [5.41, 5.74) is 2.04. The summed E-state index contributed by atoms with van der Waals surface area (Å²) < 4.78 is 5.80. The third-order valence-corrected chi connectivity index (χ3v) is 3.13. The summed E-state index contributed by atoms with van der Waals surface area (Å²) in [6.45, 7) is 4.19. The Morgan fingerprint density at radius 1 is 1.09 bits per heavy atom. The molecule has 0 bridgehead atoms. The molecule has 2 N–H and O–H groups in total. The number of amides is 2. The molecule has 0 atom stereocenters. The van der Waals surface area contributed by atoms with Crippen LogP contribution in [-0.2, 0) is 11.4 Å². The van der Waals surface area contributed by atoms with E-state index in [9.17, 15) is 9.59 Å². The van der Waals surface area contributed by atoms with Crippen molar-refractivity contribution in [3.05, 3.63) is 59.7 Å². The van der Waals surface area contributed by atoms with Crippen molar-refractivity contribution >= 4 is 17.5 Å². The van der Waals surface area contributed by atoms with E-state index >= 15 is 0 Å². The fourth-order valence-corrected chi connectivity index (χ4v) is 2.07. The van der Waals surface area contributed by atoms with Crippen LogP contribution in [0.15, 0.2) is 48.5 Å². The molecular weight excluding hydrogens is 292 g/mol. The van der Waals surface area contributed by atoms with Crippen molar-refractivity contribution in [1.29, 1.82) is 0 Å². The first kappa shape index (κ1) is 16.5. The van der Waals surface area contributed by atoms with E-state index in [-0.39, 0.29) is 11.8 Å². The Labute approximate surface area is 135 Å². The highest BCUT2D eigenvalue weighted by atomic mass is 16.5. The molecule has 120 valence electrons. The van der Waals surface area contributed by atoms with Gasteiger partial charge in [-0.15, -0.1) is 0 Å². The summed E-state index contributed by atoms with van der Waals surface area (Å²) in [5, 5.41) is 5.45. The minimum absolute atomic E-state index is 0.175. The van der Waals surface area contributed by atoms with Crippen molar-refractivity contribution in [3.8, 4) is 5.75 Å². The lowest BCUT2D eigenvalue weighted by Crippen LogP contribution is -2.22. The molecule has 0 aliphatic heterocycles. The maximum atomic E-state index is 12.0. The maximum Gasteiger partial charge on any atom is 0.251 e. The van der Waals surface area contributed by atoms with E-state index in [2.05, 4.69) is 10.6 Å². The Bertz CT molecular complexity index is 684. The Balaban J connectivity index is 2.22. The van der Waals surface area contributed by atoms with Crippen LogP contribution in [0.5, 0.6) is 5.75 Å². The van der Waals surface area contributed by atoms with Gasteiger partial charge in [-0.2, -0.15) is 0 Å². The number of hydrogen-bond acceptors (Lipinski definition) is 3. The molecule has 0 fully saturated rings. The molecule has 0 aliphatic rings. The predicted octanol–water partition coefficient (Wildman–Crippen LogP) is 2.97. The van der Waals surface area contributed by atoms with Gasteiger partial charge in [0.15, 0.2) is 0 Å². The van der Waals surface area contributed by atoms with Crippen LogP contribution in [0.1, 0.15) is 29.8 Å². The van der Waals surface area contributed by atoms with Crippen LogP contribution in [0, 0.1) is 0 Å². The molecule has 2 aromatic carbocycles. The van der Waals surface area contributed by atoms with Crippen molar-refractivity contribution in [3.63, 3.8) is 0 Å². The van der Waals surface area contributed by atoms with Crippen LogP contribution in [0.3, 0.4) is 0 Å². The summed E-state index contributed by atoms with van der Waals surface area (Å²) in [6, 6.07) is 14.7. The van der Waals surface area contributed by atoms with E-state index in [0.717, 1.165) is 5.56 Å². The highest BCUT2D eigenvalue weighted by molar-refractivity contribution is 5.96. The molecule has 0 spiro atoms. The van der Waals surface area contributed by atoms with Gasteiger partial charge in [0.05, 0.1) is 5.69 Å². The highest BCUT2D eigenvalue weighted by Crippen LogP contribution is 2.27. The third-order valence-electron chi connectivity index (χ3n) is 3.13. The SMILES string of the molecule is CCNC(=O)c1ccc(NC(C)=O)c(OCc2ccccc2)c1. The maximum absolute atomic E-state index is 12.0. The number of hydrogen-bond donors (Lipinski definition) is 2. The third kappa shape index (κ3) is 4.85. The molecule has 2 rings (SSSR count). The molecule has 0 aromatic heterocycles. The summed E-state index contributed by atoms with van der Waals surface area (Å²) in [6.07, 6.45) is 0. The molecule has 5 heteroatoms. The Morgan fingerprint density at radius 2 is 1.83 bits per heavy atom. The molecular formula is C18H20N2O3. The molecule has 0 unspecified atom stereocenters. The molecule has 0 heterocycles. The highest BCUT2D eigenvalue weighted by Gasteiger charge is 2.11. The number of nitrogens with one attached hydrogen (secondary N) is 2. The molecule has 2 amide bonds. The van der Waals surface area contributed by atoms with Gasteiger partial charge in [-0.05, 0) is 30.7 Å². The lowest BCUT2D eigenvalue weighted by atomic mass is 10.1. The summed E-state index contributed by atoms with van der Waals surface area (Å²) in [4.78, 5) is 23.3. The van der Waals surface area contributed by atoms with Crippen molar-refractivity contribution < 1.29 is 14.3 Å². The van der Waals surface area contributed by atoms with Gasteiger partial charge in [0.25, 0.3) is 5.91 Å². The topological polar surface area (TPSA) is 67.4 Å². The molecule has 5 nitrogen and oxygen atoms in total. The lowest BCUT2D eigenvalue weighted by molar-refractivity contribution is -0.114. The van der Waals surface area contributed by atoms with Crippen LogP contribution in [0.2, 0.25) is 0 Å². The monoisotopic (exact) mass is 312 g/mol. The van der Waals surface area contributed by atoms with Crippen molar-refractivity contribution in [2.75, 3.05) is 11.9 Å². The van der Waals surface area contributed by atoms with Gasteiger partial charge in [-0.1, -0.05) is 30.3 Å². The Morgan fingerprint density at radius 3 is 2.48 bits per heavy atom. The quantitative estimate of drug-likeness (QED) is 0.861. The smallest absolute Gasteiger partial charge is 0.251 e. The van der Waals surface area contributed by atoms with Crippen LogP contribution in [0.25, 0.3) is 0 Å². The first-order valence-electron chi connectivity index (χ1n) is 7.46. The first-order valence-corrected chi connectivity index (χ1v) is 7.46. The lowest BCUT2D eigenvalue weighted by Gasteiger charge is -2.13. The van der Waals surface area contributed by atoms with Gasteiger partial charge >= 0.3 is 0 Å². The van der Waals surface area contributed by atoms with E-state index in [1.165, 1.54) is 6.92 Å². The van der Waals surface area contributed by atoms with Crippen molar-refractivity contribution in [2.45, 2.75) is 20.5 Å². The minimum Gasteiger partial charge on any atom is -0.487 e. The average molecular weight is 312 g/mol. The standard InChI is InChI=1S/C18H20N2O3/c1-3-19-18(22)15-9-10-16(20-13(2)21)17(11-15)23-12-14-7-5-4-6-8-14/h4-11H,3,12H2,1-2H3,(H,19,22)(H,20,21). The molecule has 23 heavy (non-hydrogen) atoms. The summed E-state index contributed by atoms with van der Waals surface area (Å²) in [5.74, 6) is 0.0968. The number of ether oxygens (including phenoxy) is 1. The largest absolute Gasteiger partial charge is 0.487 e. The zero-order valence-electron chi connectivity index (χ0n) is 13.3.